The maximum atomic E-state index is 11.8. The predicted molar refractivity (Wildman–Crippen MR) is 107 cm³/mol. The average Bonchev–Trinajstić information content (AvgIpc) is 2.59. The number of ether oxygens (including phenoxy) is 1. The lowest BCUT2D eigenvalue weighted by Gasteiger charge is -2.10. The van der Waals surface area contributed by atoms with Crippen LogP contribution in [0.3, 0.4) is 0 Å². The summed E-state index contributed by atoms with van der Waals surface area (Å²) in [4.78, 5) is 16.0. The zero-order valence-corrected chi connectivity index (χ0v) is 15.7. The van der Waals surface area contributed by atoms with E-state index in [2.05, 4.69) is 15.6 Å². The number of nitrogens with zero attached hydrogens (tertiary/aromatic N) is 1. The molecule has 0 aliphatic rings. The zero-order chi connectivity index (χ0) is 16.5. The van der Waals surface area contributed by atoms with Gasteiger partial charge >= 0.3 is 0 Å². The van der Waals surface area contributed by atoms with Crippen LogP contribution in [0.15, 0.2) is 59.6 Å². The molecule has 0 radical (unpaired) electrons. The molecule has 0 unspecified atom stereocenters. The number of halogens is 1. The van der Waals surface area contributed by atoms with Crippen molar-refractivity contribution < 1.29 is 9.53 Å². The van der Waals surface area contributed by atoms with E-state index in [1.54, 1.807) is 19.2 Å². The van der Waals surface area contributed by atoms with Gasteiger partial charge in [-0.3, -0.25) is 9.79 Å². The van der Waals surface area contributed by atoms with E-state index in [0.29, 0.717) is 24.4 Å². The molecule has 6 nitrogen and oxygen atoms in total. The van der Waals surface area contributed by atoms with Gasteiger partial charge in [-0.05, 0) is 24.3 Å². The lowest BCUT2D eigenvalue weighted by molar-refractivity contribution is 0.0955. The number of hydrogen-bond acceptors (Lipinski definition) is 3. The predicted octanol–water partition coefficient (Wildman–Crippen LogP) is 2.47. The Morgan fingerprint density at radius 2 is 1.79 bits per heavy atom. The number of nitrogens with one attached hydrogen (secondary N) is 2. The first kappa shape index (κ1) is 19.8. The number of carbonyl (C=O) groups is 1. The number of benzene rings is 2. The minimum atomic E-state index is -0.128. The Hall–Kier alpha value is -2.29. The molecule has 24 heavy (non-hydrogen) atoms. The molecular weight excluding hydrogens is 419 g/mol. The van der Waals surface area contributed by atoms with Crippen LogP contribution in [0.25, 0.3) is 0 Å². The normalized spacial score (nSPS) is 10.5. The van der Waals surface area contributed by atoms with Gasteiger partial charge in [0.15, 0.2) is 5.96 Å². The third kappa shape index (κ3) is 6.07. The van der Waals surface area contributed by atoms with Crippen molar-refractivity contribution >= 4 is 41.5 Å². The highest BCUT2D eigenvalue weighted by Crippen LogP contribution is 2.22. The minimum absolute atomic E-state index is 0. The molecule has 0 aliphatic carbocycles. The Morgan fingerprint density at radius 1 is 1.12 bits per heavy atom. The van der Waals surface area contributed by atoms with Gasteiger partial charge in [-0.15, -0.1) is 24.0 Å². The summed E-state index contributed by atoms with van der Waals surface area (Å²) in [6.45, 7) is 0.786. The lowest BCUT2D eigenvalue weighted by atomic mass is 10.2. The number of carbonyl (C=O) groups excluding carboxylic acids is 1. The molecular formula is C17H21IN4O2. The molecule has 0 saturated heterocycles. The second-order valence-electron chi connectivity index (χ2n) is 4.71. The van der Waals surface area contributed by atoms with Crippen molar-refractivity contribution in [3.05, 3.63) is 60.2 Å². The van der Waals surface area contributed by atoms with Crippen molar-refractivity contribution in [1.29, 1.82) is 0 Å². The van der Waals surface area contributed by atoms with Crippen LogP contribution in [0, 0.1) is 0 Å². The SMILES string of the molecule is COc1ccccc1NC(N)=NCCNC(=O)c1ccccc1.I. The number of guanidine groups is 1. The van der Waals surface area contributed by atoms with Gasteiger partial charge in [-0.25, -0.2) is 0 Å². The van der Waals surface area contributed by atoms with Crippen molar-refractivity contribution in [2.45, 2.75) is 0 Å². The number of rotatable bonds is 6. The monoisotopic (exact) mass is 440 g/mol. The molecule has 7 heteroatoms. The number of nitrogens with two attached hydrogens (primary N) is 1. The number of methoxy groups -OCH3 is 1. The summed E-state index contributed by atoms with van der Waals surface area (Å²) in [6, 6.07) is 16.4. The Kier molecular flexibility index (Phi) is 8.63. The molecule has 1 amide bonds. The first-order valence-corrected chi connectivity index (χ1v) is 7.24. The molecule has 0 heterocycles. The van der Waals surface area contributed by atoms with Crippen molar-refractivity contribution in [2.24, 2.45) is 10.7 Å². The summed E-state index contributed by atoms with van der Waals surface area (Å²) in [5.74, 6) is 0.823. The second kappa shape index (κ2) is 10.5. The molecule has 0 spiro atoms. The van der Waals surface area contributed by atoms with Gasteiger partial charge in [-0.2, -0.15) is 0 Å². The zero-order valence-electron chi connectivity index (χ0n) is 13.4. The molecule has 128 valence electrons. The fourth-order valence-electron chi connectivity index (χ4n) is 1.96. The third-order valence-corrected chi connectivity index (χ3v) is 3.09. The lowest BCUT2D eigenvalue weighted by Crippen LogP contribution is -2.28. The van der Waals surface area contributed by atoms with Crippen LogP contribution in [0.2, 0.25) is 0 Å². The molecule has 0 saturated carbocycles. The van der Waals surface area contributed by atoms with E-state index < -0.39 is 0 Å². The van der Waals surface area contributed by atoms with E-state index in [9.17, 15) is 4.79 Å². The van der Waals surface area contributed by atoms with Crippen LogP contribution in [0.5, 0.6) is 5.75 Å². The first-order valence-electron chi connectivity index (χ1n) is 7.24. The summed E-state index contributed by atoms with van der Waals surface area (Å²) in [7, 11) is 1.59. The summed E-state index contributed by atoms with van der Waals surface area (Å²) in [5.41, 5.74) is 7.19. The van der Waals surface area contributed by atoms with Gasteiger partial charge < -0.3 is 21.1 Å². The van der Waals surface area contributed by atoms with E-state index in [4.69, 9.17) is 10.5 Å². The minimum Gasteiger partial charge on any atom is -0.495 e. The molecule has 2 aromatic rings. The van der Waals surface area contributed by atoms with Gasteiger partial charge in [0.1, 0.15) is 5.75 Å². The quantitative estimate of drug-likeness (QED) is 0.279. The Bertz CT molecular complexity index is 677. The molecule has 2 aromatic carbocycles. The number of para-hydroxylation sites is 2. The highest BCUT2D eigenvalue weighted by molar-refractivity contribution is 14.0. The second-order valence-corrected chi connectivity index (χ2v) is 4.71. The smallest absolute Gasteiger partial charge is 0.251 e. The van der Waals surface area contributed by atoms with Crippen LogP contribution in [-0.2, 0) is 0 Å². The Labute approximate surface area is 158 Å². The van der Waals surface area contributed by atoms with E-state index in [1.807, 2.05) is 42.5 Å². The maximum absolute atomic E-state index is 11.8. The Morgan fingerprint density at radius 3 is 2.50 bits per heavy atom. The van der Waals surface area contributed by atoms with Crippen molar-refractivity contribution in [3.8, 4) is 5.75 Å². The molecule has 4 N–H and O–H groups in total. The fourth-order valence-corrected chi connectivity index (χ4v) is 1.96. The summed E-state index contributed by atoms with van der Waals surface area (Å²) in [6.07, 6.45) is 0. The van der Waals surface area contributed by atoms with Gasteiger partial charge in [0.2, 0.25) is 0 Å². The highest BCUT2D eigenvalue weighted by atomic mass is 127. The van der Waals surface area contributed by atoms with Crippen molar-refractivity contribution in [2.75, 3.05) is 25.5 Å². The largest absolute Gasteiger partial charge is 0.495 e. The average molecular weight is 440 g/mol. The van der Waals surface area contributed by atoms with E-state index >= 15 is 0 Å². The fraction of sp³-hybridized carbons (Fsp3) is 0.176. The van der Waals surface area contributed by atoms with Gasteiger partial charge in [-0.1, -0.05) is 30.3 Å². The summed E-state index contributed by atoms with van der Waals surface area (Å²) >= 11 is 0. The van der Waals surface area contributed by atoms with Gasteiger partial charge in [0.25, 0.3) is 5.91 Å². The highest BCUT2D eigenvalue weighted by Gasteiger charge is 2.04. The topological polar surface area (TPSA) is 88.7 Å². The molecule has 0 atom stereocenters. The number of hydrogen-bond donors (Lipinski definition) is 3. The van der Waals surface area contributed by atoms with Crippen molar-refractivity contribution in [1.82, 2.24) is 5.32 Å². The van der Waals surface area contributed by atoms with Gasteiger partial charge in [0, 0.05) is 12.1 Å². The molecule has 0 fully saturated rings. The number of aliphatic imine (C=N–C) groups is 1. The third-order valence-electron chi connectivity index (χ3n) is 3.09. The van der Waals surface area contributed by atoms with Crippen LogP contribution < -0.4 is 21.1 Å². The number of anilines is 1. The van der Waals surface area contributed by atoms with E-state index in [1.165, 1.54) is 0 Å². The molecule has 0 bridgehead atoms. The van der Waals surface area contributed by atoms with Crippen LogP contribution in [0.1, 0.15) is 10.4 Å². The van der Waals surface area contributed by atoms with E-state index in [-0.39, 0.29) is 35.8 Å². The summed E-state index contributed by atoms with van der Waals surface area (Å²) < 4.78 is 5.22. The molecule has 0 aromatic heterocycles. The van der Waals surface area contributed by atoms with Crippen LogP contribution >= 0.6 is 24.0 Å². The maximum Gasteiger partial charge on any atom is 0.251 e. The van der Waals surface area contributed by atoms with Crippen LogP contribution in [0.4, 0.5) is 5.69 Å². The summed E-state index contributed by atoms with van der Waals surface area (Å²) in [5, 5.41) is 5.76. The Balaban J connectivity index is 0.00000288. The van der Waals surface area contributed by atoms with Crippen LogP contribution in [-0.4, -0.2) is 32.1 Å². The van der Waals surface area contributed by atoms with Crippen molar-refractivity contribution in [3.63, 3.8) is 0 Å². The van der Waals surface area contributed by atoms with E-state index in [0.717, 1.165) is 5.69 Å². The molecule has 0 aliphatic heterocycles. The molecule has 2 rings (SSSR count). The van der Waals surface area contributed by atoms with Gasteiger partial charge in [0.05, 0.1) is 19.3 Å². The number of amides is 1. The first-order chi connectivity index (χ1) is 11.2. The standard InChI is InChI=1S/C17H20N4O2.HI/c1-23-15-10-6-5-9-14(15)21-17(18)20-12-11-19-16(22)13-7-3-2-4-8-13;/h2-10H,11-12H2,1H3,(H,19,22)(H3,18,20,21);1H.